The number of pyridine rings is 1. The van der Waals surface area contributed by atoms with E-state index in [0.717, 1.165) is 49.5 Å². The van der Waals surface area contributed by atoms with Gasteiger partial charge in [-0.3, -0.25) is 4.98 Å². The van der Waals surface area contributed by atoms with Gasteiger partial charge in [-0.25, -0.2) is 0 Å². The topological polar surface area (TPSA) is 31.4 Å². The molecular weight excluding hydrogens is 394 g/mol. The smallest absolute Gasteiger partial charge is 0.169 e. The van der Waals surface area contributed by atoms with Gasteiger partial charge >= 0.3 is 0 Å². The summed E-state index contributed by atoms with van der Waals surface area (Å²) in [7, 11) is 1.68. The van der Waals surface area contributed by atoms with Crippen LogP contribution in [0.1, 0.15) is 5.56 Å². The Hall–Kier alpha value is -4.11. The number of benzene rings is 5. The van der Waals surface area contributed by atoms with Gasteiger partial charge < -0.3 is 9.47 Å². The molecule has 3 heteroatoms. The van der Waals surface area contributed by atoms with Crippen molar-refractivity contribution >= 4 is 43.2 Å². The largest absolute Gasteiger partial charge is 0.493 e. The summed E-state index contributed by atoms with van der Waals surface area (Å²) in [6.07, 6.45) is 1.96. The van der Waals surface area contributed by atoms with Crippen molar-refractivity contribution in [1.82, 2.24) is 4.98 Å². The molecule has 32 heavy (non-hydrogen) atoms. The summed E-state index contributed by atoms with van der Waals surface area (Å²) >= 11 is 0. The lowest BCUT2D eigenvalue weighted by molar-refractivity contribution is 0.288. The van der Waals surface area contributed by atoms with Crippen LogP contribution in [0.25, 0.3) is 43.2 Å². The van der Waals surface area contributed by atoms with Crippen LogP contribution in [0.15, 0.2) is 97.2 Å². The number of rotatable bonds is 4. The Bertz CT molecular complexity index is 1610. The first-order valence-corrected chi connectivity index (χ1v) is 10.7. The first-order valence-electron chi connectivity index (χ1n) is 10.7. The number of ether oxygens (including phenoxy) is 2. The highest BCUT2D eigenvalue weighted by Gasteiger charge is 2.13. The number of methoxy groups -OCH3 is 1. The number of hydrogen-bond donors (Lipinski definition) is 0. The van der Waals surface area contributed by atoms with Crippen LogP contribution < -0.4 is 9.47 Å². The minimum atomic E-state index is 0.486. The molecule has 5 aromatic carbocycles. The van der Waals surface area contributed by atoms with E-state index >= 15 is 0 Å². The molecule has 3 nitrogen and oxygen atoms in total. The van der Waals surface area contributed by atoms with Gasteiger partial charge in [-0.05, 0) is 39.9 Å². The van der Waals surface area contributed by atoms with E-state index < -0.39 is 0 Å². The van der Waals surface area contributed by atoms with Crippen LogP contribution in [0.5, 0.6) is 11.5 Å². The highest BCUT2D eigenvalue weighted by atomic mass is 16.5. The summed E-state index contributed by atoms with van der Waals surface area (Å²) in [5.74, 6) is 1.50. The summed E-state index contributed by atoms with van der Waals surface area (Å²) in [6, 6.07) is 31.4. The van der Waals surface area contributed by atoms with Gasteiger partial charge in [0.05, 0.1) is 12.6 Å². The van der Waals surface area contributed by atoms with Crippen LogP contribution in [0.3, 0.4) is 0 Å². The van der Waals surface area contributed by atoms with E-state index in [-0.39, 0.29) is 0 Å². The van der Waals surface area contributed by atoms with Crippen LogP contribution in [0, 0.1) is 0 Å². The van der Waals surface area contributed by atoms with Crippen molar-refractivity contribution in [2.24, 2.45) is 0 Å². The van der Waals surface area contributed by atoms with E-state index in [2.05, 4.69) is 66.7 Å². The fraction of sp³-hybridized carbons (Fsp3) is 0.0690. The summed E-state index contributed by atoms with van der Waals surface area (Å²) in [5, 5.41) is 7.95. The zero-order valence-electron chi connectivity index (χ0n) is 17.7. The van der Waals surface area contributed by atoms with Crippen molar-refractivity contribution in [3.05, 3.63) is 103 Å². The average Bonchev–Trinajstić information content (AvgIpc) is 2.86. The zero-order chi connectivity index (χ0) is 21.5. The predicted octanol–water partition coefficient (Wildman–Crippen LogP) is 7.28. The van der Waals surface area contributed by atoms with Crippen molar-refractivity contribution in [3.63, 3.8) is 0 Å². The van der Waals surface area contributed by atoms with E-state index in [0.29, 0.717) is 6.61 Å². The lowest BCUT2D eigenvalue weighted by atomic mass is 9.98. The fourth-order valence-corrected chi connectivity index (χ4v) is 4.47. The second kappa shape index (κ2) is 7.54. The Morgan fingerprint density at radius 2 is 1.41 bits per heavy atom. The highest BCUT2D eigenvalue weighted by molar-refractivity contribution is 6.17. The standard InChI is InChI=1S/C29H21NO2/c1-31-27-14-12-21-15-25-20(16-26(21)29(27)32-18-19-7-3-2-4-8-19)11-13-24-23-10-6-5-9-22(23)17-30-28(24)25/h2-17H,18H2,1H3. The third kappa shape index (κ3) is 3.02. The fourth-order valence-electron chi connectivity index (χ4n) is 4.47. The maximum absolute atomic E-state index is 6.28. The maximum atomic E-state index is 6.28. The first kappa shape index (κ1) is 18.6. The van der Waals surface area contributed by atoms with E-state index in [1.165, 1.54) is 10.8 Å². The molecule has 0 bridgehead atoms. The molecule has 0 amide bonds. The van der Waals surface area contributed by atoms with Gasteiger partial charge in [0.1, 0.15) is 6.61 Å². The molecule has 0 N–H and O–H groups in total. The Morgan fingerprint density at radius 1 is 0.656 bits per heavy atom. The molecule has 0 aliphatic rings. The van der Waals surface area contributed by atoms with Gasteiger partial charge in [-0.15, -0.1) is 0 Å². The normalized spacial score (nSPS) is 11.4. The molecule has 0 aliphatic carbocycles. The van der Waals surface area contributed by atoms with Crippen molar-refractivity contribution in [2.45, 2.75) is 6.61 Å². The van der Waals surface area contributed by atoms with Crippen molar-refractivity contribution < 1.29 is 9.47 Å². The van der Waals surface area contributed by atoms with Gasteiger partial charge in [0.15, 0.2) is 11.5 Å². The molecule has 1 aromatic heterocycles. The first-order chi connectivity index (χ1) is 15.8. The SMILES string of the molecule is COc1ccc2cc3c(ccc4c5ccccc5cnc34)cc2c1OCc1ccccc1. The van der Waals surface area contributed by atoms with Crippen LogP contribution in [0.2, 0.25) is 0 Å². The summed E-state index contributed by atoms with van der Waals surface area (Å²) in [6.45, 7) is 0.486. The third-order valence-electron chi connectivity index (χ3n) is 6.07. The zero-order valence-corrected chi connectivity index (χ0v) is 17.7. The average molecular weight is 415 g/mol. The molecule has 0 atom stereocenters. The summed E-state index contributed by atoms with van der Waals surface area (Å²) in [4.78, 5) is 4.82. The molecule has 0 fully saturated rings. The highest BCUT2D eigenvalue weighted by Crippen LogP contribution is 2.39. The maximum Gasteiger partial charge on any atom is 0.169 e. The number of aromatic nitrogens is 1. The molecule has 154 valence electrons. The molecule has 0 unspecified atom stereocenters. The van der Waals surface area contributed by atoms with Crippen LogP contribution in [0.4, 0.5) is 0 Å². The second-order valence-corrected chi connectivity index (χ2v) is 7.97. The number of hydrogen-bond acceptors (Lipinski definition) is 3. The quantitative estimate of drug-likeness (QED) is 0.224. The molecule has 0 radical (unpaired) electrons. The van der Waals surface area contributed by atoms with Crippen molar-refractivity contribution in [2.75, 3.05) is 7.11 Å². The van der Waals surface area contributed by atoms with E-state index in [4.69, 9.17) is 14.5 Å². The van der Waals surface area contributed by atoms with Crippen LogP contribution in [-0.2, 0) is 6.61 Å². The number of nitrogens with zero attached hydrogens (tertiary/aromatic N) is 1. The second-order valence-electron chi connectivity index (χ2n) is 7.97. The molecule has 0 spiro atoms. The monoisotopic (exact) mass is 415 g/mol. The molecular formula is C29H21NO2. The van der Waals surface area contributed by atoms with Gasteiger partial charge in [0, 0.05) is 27.7 Å². The predicted molar refractivity (Wildman–Crippen MR) is 132 cm³/mol. The lowest BCUT2D eigenvalue weighted by Gasteiger charge is -2.15. The molecule has 6 rings (SSSR count). The summed E-state index contributed by atoms with van der Waals surface area (Å²) < 4.78 is 11.9. The minimum Gasteiger partial charge on any atom is -0.493 e. The Labute approximate surface area is 185 Å². The Balaban J connectivity index is 1.56. The van der Waals surface area contributed by atoms with E-state index in [1.807, 2.05) is 30.5 Å². The van der Waals surface area contributed by atoms with Crippen molar-refractivity contribution in [1.29, 1.82) is 0 Å². The minimum absolute atomic E-state index is 0.486. The van der Waals surface area contributed by atoms with Crippen molar-refractivity contribution in [3.8, 4) is 11.5 Å². The molecule has 6 aromatic rings. The summed E-state index contributed by atoms with van der Waals surface area (Å²) in [5.41, 5.74) is 2.14. The molecule has 0 saturated heterocycles. The third-order valence-corrected chi connectivity index (χ3v) is 6.07. The molecule has 1 heterocycles. The Kier molecular flexibility index (Phi) is 4.39. The van der Waals surface area contributed by atoms with Crippen LogP contribution in [-0.4, -0.2) is 12.1 Å². The van der Waals surface area contributed by atoms with Gasteiger partial charge in [0.2, 0.25) is 0 Å². The van der Waals surface area contributed by atoms with Gasteiger partial charge in [-0.1, -0.05) is 72.8 Å². The van der Waals surface area contributed by atoms with Crippen LogP contribution >= 0.6 is 0 Å². The van der Waals surface area contributed by atoms with E-state index in [1.54, 1.807) is 7.11 Å². The van der Waals surface area contributed by atoms with E-state index in [9.17, 15) is 0 Å². The Morgan fingerprint density at radius 3 is 2.28 bits per heavy atom. The van der Waals surface area contributed by atoms with Gasteiger partial charge in [0.25, 0.3) is 0 Å². The molecule has 0 aliphatic heterocycles. The number of fused-ring (bicyclic) bond motifs is 6. The molecule has 0 saturated carbocycles. The van der Waals surface area contributed by atoms with Gasteiger partial charge in [-0.2, -0.15) is 0 Å². The lowest BCUT2D eigenvalue weighted by Crippen LogP contribution is -1.98.